The van der Waals surface area contributed by atoms with E-state index in [0.29, 0.717) is 17.3 Å². The number of benzene rings is 1. The van der Waals surface area contributed by atoms with Gasteiger partial charge in [-0.15, -0.1) is 11.3 Å². The molecule has 2 heterocycles. The van der Waals surface area contributed by atoms with E-state index in [1.165, 1.54) is 6.33 Å². The predicted octanol–water partition coefficient (Wildman–Crippen LogP) is 4.52. The van der Waals surface area contributed by atoms with Crippen molar-refractivity contribution in [3.8, 4) is 0 Å². The first-order valence-electron chi connectivity index (χ1n) is 7.68. The van der Waals surface area contributed by atoms with Gasteiger partial charge in [0.05, 0.1) is 30.0 Å². The molecule has 0 aliphatic carbocycles. The van der Waals surface area contributed by atoms with Gasteiger partial charge in [0.2, 0.25) is 0 Å². The number of allylic oxidation sites excluding steroid dienone is 3. The number of methoxy groups -OCH3 is 2. The molecule has 0 atom stereocenters. The number of thiophene rings is 1. The average molecular weight is 353 g/mol. The Morgan fingerprint density at radius 2 is 2.04 bits per heavy atom. The highest BCUT2D eigenvalue weighted by Crippen LogP contribution is 2.37. The van der Waals surface area contributed by atoms with Gasteiger partial charge >= 0.3 is 0 Å². The summed E-state index contributed by atoms with van der Waals surface area (Å²) in [5.41, 5.74) is 8.61. The van der Waals surface area contributed by atoms with Gasteiger partial charge in [-0.2, -0.15) is 0 Å². The van der Waals surface area contributed by atoms with E-state index in [0.717, 1.165) is 31.4 Å². The summed E-state index contributed by atoms with van der Waals surface area (Å²) in [4.78, 5) is 8.44. The normalized spacial score (nSPS) is 12.6. The largest absolute Gasteiger partial charge is 0.497 e. The number of ether oxygens (including phenoxy) is 2. The van der Waals surface area contributed by atoms with Gasteiger partial charge < -0.3 is 15.2 Å². The third-order valence-corrected chi connectivity index (χ3v) is 5.04. The summed E-state index contributed by atoms with van der Waals surface area (Å²) >= 11 is 1.57. The van der Waals surface area contributed by atoms with E-state index in [2.05, 4.69) is 22.6 Å². The van der Waals surface area contributed by atoms with Gasteiger partial charge in [-0.05, 0) is 24.6 Å². The number of nitrogens with two attached hydrogens (primary N) is 1. The minimum absolute atomic E-state index is 0.497. The average Bonchev–Trinajstić information content (AvgIpc) is 3.00. The molecule has 5 nitrogen and oxygen atoms in total. The van der Waals surface area contributed by atoms with Gasteiger partial charge in [0, 0.05) is 10.1 Å². The smallest absolute Gasteiger partial charge is 0.144 e. The van der Waals surface area contributed by atoms with Crippen molar-refractivity contribution in [2.45, 2.75) is 6.92 Å². The Hall–Kier alpha value is -2.86. The molecule has 2 aromatic heterocycles. The molecule has 1 aromatic carbocycles. The SMILES string of the molecule is C=C(OC)C(=C(C=CC)OC)c1ccc2c(c1)sc1c(N)ncnc12. The second-order valence-corrected chi connectivity index (χ2v) is 6.37. The zero-order valence-corrected chi connectivity index (χ0v) is 15.2. The lowest BCUT2D eigenvalue weighted by Gasteiger charge is -2.14. The molecule has 0 aliphatic rings. The van der Waals surface area contributed by atoms with Crippen molar-refractivity contribution < 1.29 is 9.47 Å². The van der Waals surface area contributed by atoms with Crippen molar-refractivity contribution in [3.63, 3.8) is 0 Å². The van der Waals surface area contributed by atoms with Crippen molar-refractivity contribution in [1.82, 2.24) is 9.97 Å². The molecule has 0 saturated carbocycles. The molecule has 25 heavy (non-hydrogen) atoms. The summed E-state index contributed by atoms with van der Waals surface area (Å²) in [7, 11) is 3.23. The molecule has 128 valence electrons. The van der Waals surface area contributed by atoms with E-state index in [1.54, 1.807) is 25.6 Å². The molecule has 3 aromatic rings. The first kappa shape index (κ1) is 17.0. The van der Waals surface area contributed by atoms with Gasteiger partial charge in [0.1, 0.15) is 23.7 Å². The van der Waals surface area contributed by atoms with Crippen LogP contribution in [-0.4, -0.2) is 24.2 Å². The molecule has 0 fully saturated rings. The summed E-state index contributed by atoms with van der Waals surface area (Å²) in [5, 5.41) is 1.05. The summed E-state index contributed by atoms with van der Waals surface area (Å²) in [5.74, 6) is 1.72. The van der Waals surface area contributed by atoms with E-state index in [1.807, 2.05) is 31.2 Å². The third-order valence-electron chi connectivity index (χ3n) is 3.88. The fourth-order valence-electron chi connectivity index (χ4n) is 2.70. The third kappa shape index (κ3) is 2.96. The Kier molecular flexibility index (Phi) is 4.72. The fraction of sp³-hybridized carbons (Fsp3) is 0.158. The van der Waals surface area contributed by atoms with Crippen LogP contribution in [0.1, 0.15) is 12.5 Å². The Labute approximate surface area is 150 Å². The molecular weight excluding hydrogens is 334 g/mol. The molecule has 0 spiro atoms. The van der Waals surface area contributed by atoms with Crippen molar-refractivity contribution in [3.05, 3.63) is 60.3 Å². The topological polar surface area (TPSA) is 70.3 Å². The van der Waals surface area contributed by atoms with E-state index >= 15 is 0 Å². The maximum atomic E-state index is 5.98. The minimum Gasteiger partial charge on any atom is -0.497 e. The number of fused-ring (bicyclic) bond motifs is 3. The zero-order chi connectivity index (χ0) is 18.0. The second kappa shape index (κ2) is 6.94. The summed E-state index contributed by atoms with van der Waals surface area (Å²) in [6.07, 6.45) is 5.29. The number of anilines is 1. The number of nitrogens with zero attached hydrogens (tertiary/aromatic N) is 2. The van der Waals surface area contributed by atoms with Crippen LogP contribution >= 0.6 is 11.3 Å². The van der Waals surface area contributed by atoms with Crippen LogP contribution < -0.4 is 5.73 Å². The first-order valence-corrected chi connectivity index (χ1v) is 8.49. The van der Waals surface area contributed by atoms with Crippen LogP contribution in [0, 0.1) is 0 Å². The molecule has 0 amide bonds. The molecule has 2 N–H and O–H groups in total. The highest BCUT2D eigenvalue weighted by Gasteiger charge is 2.16. The predicted molar refractivity (Wildman–Crippen MR) is 104 cm³/mol. The number of rotatable bonds is 5. The van der Waals surface area contributed by atoms with Gasteiger partial charge in [0.15, 0.2) is 0 Å². The van der Waals surface area contributed by atoms with Crippen LogP contribution in [0.4, 0.5) is 5.82 Å². The van der Waals surface area contributed by atoms with Crippen molar-refractivity contribution in [1.29, 1.82) is 0 Å². The van der Waals surface area contributed by atoms with Gasteiger partial charge in [0.25, 0.3) is 0 Å². The van der Waals surface area contributed by atoms with Gasteiger partial charge in [-0.1, -0.05) is 24.8 Å². The maximum absolute atomic E-state index is 5.98. The maximum Gasteiger partial charge on any atom is 0.144 e. The lowest BCUT2D eigenvalue weighted by molar-refractivity contribution is 0.292. The van der Waals surface area contributed by atoms with Crippen LogP contribution in [0.3, 0.4) is 0 Å². The molecule has 3 rings (SSSR count). The van der Waals surface area contributed by atoms with Gasteiger partial charge in [-0.25, -0.2) is 9.97 Å². The fourth-order valence-corrected chi connectivity index (χ4v) is 3.79. The Morgan fingerprint density at radius 3 is 2.72 bits per heavy atom. The molecule has 0 bridgehead atoms. The highest BCUT2D eigenvalue weighted by molar-refractivity contribution is 7.26. The number of hydrogen-bond donors (Lipinski definition) is 1. The van der Waals surface area contributed by atoms with Crippen LogP contribution in [-0.2, 0) is 9.47 Å². The molecule has 0 unspecified atom stereocenters. The lowest BCUT2D eigenvalue weighted by atomic mass is 10.0. The molecule has 6 heteroatoms. The molecule has 0 saturated heterocycles. The monoisotopic (exact) mass is 353 g/mol. The van der Waals surface area contributed by atoms with Crippen LogP contribution in [0.2, 0.25) is 0 Å². The van der Waals surface area contributed by atoms with Crippen LogP contribution in [0.15, 0.2) is 54.8 Å². The number of nitrogen functional groups attached to an aromatic ring is 1. The van der Waals surface area contributed by atoms with E-state index in [-0.39, 0.29) is 0 Å². The van der Waals surface area contributed by atoms with Crippen molar-refractivity contribution in [2.75, 3.05) is 20.0 Å². The van der Waals surface area contributed by atoms with Crippen LogP contribution in [0.25, 0.3) is 25.9 Å². The second-order valence-electron chi connectivity index (χ2n) is 5.32. The van der Waals surface area contributed by atoms with E-state index < -0.39 is 0 Å². The van der Waals surface area contributed by atoms with Crippen LogP contribution in [0.5, 0.6) is 0 Å². The summed E-state index contributed by atoms with van der Waals surface area (Å²) in [6, 6.07) is 6.11. The Balaban J connectivity index is 2.27. The number of aromatic nitrogens is 2. The van der Waals surface area contributed by atoms with Crippen molar-refractivity contribution in [2.24, 2.45) is 0 Å². The molecule has 0 radical (unpaired) electrons. The van der Waals surface area contributed by atoms with Gasteiger partial charge in [-0.3, -0.25) is 0 Å². The quantitative estimate of drug-likeness (QED) is 0.539. The molecular formula is C19H19N3O2S. The highest BCUT2D eigenvalue weighted by atomic mass is 32.1. The molecule has 0 aliphatic heterocycles. The summed E-state index contributed by atoms with van der Waals surface area (Å²) < 4.78 is 12.9. The summed E-state index contributed by atoms with van der Waals surface area (Å²) in [6.45, 7) is 5.94. The Bertz CT molecular complexity index is 1020. The Morgan fingerprint density at radius 1 is 1.24 bits per heavy atom. The standard InChI is InChI=1S/C19H19N3O2S/c1-5-6-14(24-4)16(11(2)23-3)12-7-8-13-15(9-12)25-18-17(13)21-10-22-19(18)20/h5-10H,2H2,1,3-4H3,(H2,20,21,22). The van der Waals surface area contributed by atoms with E-state index in [9.17, 15) is 0 Å². The zero-order valence-electron chi connectivity index (χ0n) is 14.4. The first-order chi connectivity index (χ1) is 12.1. The lowest BCUT2D eigenvalue weighted by Crippen LogP contribution is -1.97. The minimum atomic E-state index is 0.497. The number of hydrogen-bond acceptors (Lipinski definition) is 6. The van der Waals surface area contributed by atoms with E-state index in [4.69, 9.17) is 15.2 Å². The van der Waals surface area contributed by atoms with Crippen molar-refractivity contribution >= 4 is 43.0 Å².